The Kier molecular flexibility index (Phi) is 6.02. The molecule has 0 aliphatic heterocycles. The summed E-state index contributed by atoms with van der Waals surface area (Å²) in [5, 5.41) is 4.14. The second-order valence-corrected chi connectivity index (χ2v) is 4.98. The van der Waals surface area contributed by atoms with Crippen molar-refractivity contribution in [1.82, 2.24) is 9.78 Å². The molecule has 0 bridgehead atoms. The molecule has 1 aromatic rings. The molecule has 0 aromatic carbocycles. The second kappa shape index (κ2) is 7.28. The molecule has 0 saturated carbocycles. The van der Waals surface area contributed by atoms with E-state index in [2.05, 4.69) is 12.0 Å². The van der Waals surface area contributed by atoms with Gasteiger partial charge in [0.05, 0.1) is 18.2 Å². The highest BCUT2D eigenvalue weighted by molar-refractivity contribution is 5.77. The fourth-order valence-corrected chi connectivity index (χ4v) is 2.36. The number of aromatic nitrogens is 2. The number of esters is 1. The normalized spacial score (nSPS) is 14.1. The average Bonchev–Trinajstić information content (AvgIpc) is 2.81. The van der Waals surface area contributed by atoms with Crippen molar-refractivity contribution in [3.63, 3.8) is 0 Å². The number of nitrogens with zero attached hydrogens (tertiary/aromatic N) is 2. The third-order valence-corrected chi connectivity index (χ3v) is 3.48. The van der Waals surface area contributed by atoms with E-state index in [-0.39, 0.29) is 5.97 Å². The number of rotatable bonds is 8. The van der Waals surface area contributed by atoms with E-state index in [0.717, 1.165) is 24.8 Å². The SMILES string of the molecule is CCCC(CN)(CCc1cnn(C)c1)C(=O)OCC. The molecule has 0 spiro atoms. The summed E-state index contributed by atoms with van der Waals surface area (Å²) in [4.78, 5) is 12.2. The lowest BCUT2D eigenvalue weighted by atomic mass is 9.78. The summed E-state index contributed by atoms with van der Waals surface area (Å²) in [6.45, 7) is 4.62. The van der Waals surface area contributed by atoms with Gasteiger partial charge in [-0.3, -0.25) is 9.48 Å². The van der Waals surface area contributed by atoms with Crippen molar-refractivity contribution in [2.24, 2.45) is 18.2 Å². The summed E-state index contributed by atoms with van der Waals surface area (Å²) in [5.74, 6) is -0.164. The molecule has 1 atom stereocenters. The predicted molar refractivity (Wildman–Crippen MR) is 74.6 cm³/mol. The number of nitrogens with two attached hydrogens (primary N) is 1. The largest absolute Gasteiger partial charge is 0.466 e. The van der Waals surface area contributed by atoms with Gasteiger partial charge < -0.3 is 10.5 Å². The van der Waals surface area contributed by atoms with Gasteiger partial charge in [-0.2, -0.15) is 5.10 Å². The van der Waals surface area contributed by atoms with Crippen LogP contribution < -0.4 is 5.73 Å². The number of carbonyl (C=O) groups is 1. The lowest BCUT2D eigenvalue weighted by Crippen LogP contribution is -2.40. The Hall–Kier alpha value is -1.36. The second-order valence-electron chi connectivity index (χ2n) is 4.98. The van der Waals surface area contributed by atoms with Crippen LogP contribution >= 0.6 is 0 Å². The molecule has 2 N–H and O–H groups in total. The molecule has 1 unspecified atom stereocenters. The monoisotopic (exact) mass is 267 g/mol. The summed E-state index contributed by atoms with van der Waals surface area (Å²) in [5.41, 5.74) is 6.44. The van der Waals surface area contributed by atoms with Crippen LogP contribution in [0.2, 0.25) is 0 Å². The molecular formula is C14H25N3O2. The van der Waals surface area contributed by atoms with Crippen molar-refractivity contribution in [3.05, 3.63) is 18.0 Å². The Morgan fingerprint density at radius 3 is 2.68 bits per heavy atom. The van der Waals surface area contributed by atoms with Crippen LogP contribution in [0.4, 0.5) is 0 Å². The minimum atomic E-state index is -0.555. The van der Waals surface area contributed by atoms with Crippen LogP contribution in [0.25, 0.3) is 0 Å². The lowest BCUT2D eigenvalue weighted by molar-refractivity contribution is -0.155. The Balaban J connectivity index is 2.75. The van der Waals surface area contributed by atoms with Crippen molar-refractivity contribution in [2.75, 3.05) is 13.2 Å². The standard InChI is InChI=1S/C14H25N3O2/c1-4-7-14(11-15,13(18)19-5-2)8-6-12-9-16-17(3)10-12/h9-10H,4-8,11,15H2,1-3H3. The van der Waals surface area contributed by atoms with Crippen LogP contribution in [-0.4, -0.2) is 28.9 Å². The molecule has 5 heteroatoms. The first kappa shape index (κ1) is 15.7. The van der Waals surface area contributed by atoms with Gasteiger partial charge in [-0.1, -0.05) is 13.3 Å². The van der Waals surface area contributed by atoms with Crippen LogP contribution in [-0.2, 0) is 23.0 Å². The highest BCUT2D eigenvalue weighted by Gasteiger charge is 2.37. The molecule has 0 fully saturated rings. The maximum Gasteiger partial charge on any atom is 0.313 e. The number of hydrogen-bond acceptors (Lipinski definition) is 4. The van der Waals surface area contributed by atoms with Crippen molar-refractivity contribution in [2.45, 2.75) is 39.5 Å². The maximum atomic E-state index is 12.2. The van der Waals surface area contributed by atoms with Crippen LogP contribution in [0, 0.1) is 5.41 Å². The van der Waals surface area contributed by atoms with Crippen molar-refractivity contribution < 1.29 is 9.53 Å². The predicted octanol–water partition coefficient (Wildman–Crippen LogP) is 1.66. The van der Waals surface area contributed by atoms with E-state index in [1.54, 1.807) is 4.68 Å². The first-order valence-corrected chi connectivity index (χ1v) is 6.92. The fraction of sp³-hybridized carbons (Fsp3) is 0.714. The molecule has 108 valence electrons. The Labute approximate surface area is 115 Å². The van der Waals surface area contributed by atoms with Crippen LogP contribution in [0.15, 0.2) is 12.4 Å². The quantitative estimate of drug-likeness (QED) is 0.727. The molecule has 5 nitrogen and oxygen atoms in total. The summed E-state index contributed by atoms with van der Waals surface area (Å²) < 4.78 is 6.97. The van der Waals surface area contributed by atoms with Gasteiger partial charge in [-0.05, 0) is 31.7 Å². The zero-order valence-corrected chi connectivity index (χ0v) is 12.2. The number of aryl methyl sites for hydroxylation is 2. The van der Waals surface area contributed by atoms with Gasteiger partial charge >= 0.3 is 5.97 Å². The van der Waals surface area contributed by atoms with Gasteiger partial charge in [0.15, 0.2) is 0 Å². The van der Waals surface area contributed by atoms with E-state index in [4.69, 9.17) is 10.5 Å². The van der Waals surface area contributed by atoms with Crippen molar-refractivity contribution >= 4 is 5.97 Å². The van der Waals surface area contributed by atoms with Crippen molar-refractivity contribution in [3.8, 4) is 0 Å². The van der Waals surface area contributed by atoms with E-state index in [1.165, 1.54) is 0 Å². The molecule has 1 aromatic heterocycles. The van der Waals surface area contributed by atoms with E-state index in [1.807, 2.05) is 26.4 Å². The first-order valence-electron chi connectivity index (χ1n) is 6.92. The highest BCUT2D eigenvalue weighted by Crippen LogP contribution is 2.30. The third kappa shape index (κ3) is 4.06. The number of hydrogen-bond donors (Lipinski definition) is 1. The van der Waals surface area contributed by atoms with Gasteiger partial charge in [0.2, 0.25) is 0 Å². The van der Waals surface area contributed by atoms with Gasteiger partial charge in [0.25, 0.3) is 0 Å². The molecular weight excluding hydrogens is 242 g/mol. The zero-order valence-electron chi connectivity index (χ0n) is 12.2. The molecule has 0 aliphatic rings. The van der Waals surface area contributed by atoms with Crippen molar-refractivity contribution in [1.29, 1.82) is 0 Å². The Morgan fingerprint density at radius 1 is 1.47 bits per heavy atom. The molecule has 0 radical (unpaired) electrons. The summed E-state index contributed by atoms with van der Waals surface area (Å²) in [6.07, 6.45) is 6.99. The van der Waals surface area contributed by atoms with Gasteiger partial charge in [-0.25, -0.2) is 0 Å². The smallest absolute Gasteiger partial charge is 0.313 e. The Bertz CT molecular complexity index is 403. The number of ether oxygens (including phenoxy) is 1. The van der Waals surface area contributed by atoms with Crippen LogP contribution in [0.5, 0.6) is 0 Å². The molecule has 0 amide bonds. The number of carbonyl (C=O) groups excluding carboxylic acids is 1. The van der Waals surface area contributed by atoms with E-state index < -0.39 is 5.41 Å². The minimum absolute atomic E-state index is 0.164. The lowest BCUT2D eigenvalue weighted by Gasteiger charge is -2.29. The molecule has 0 saturated heterocycles. The van der Waals surface area contributed by atoms with Crippen LogP contribution in [0.3, 0.4) is 0 Å². The minimum Gasteiger partial charge on any atom is -0.466 e. The highest BCUT2D eigenvalue weighted by atomic mass is 16.5. The Morgan fingerprint density at radius 2 is 2.21 bits per heavy atom. The van der Waals surface area contributed by atoms with E-state index in [9.17, 15) is 4.79 Å². The van der Waals surface area contributed by atoms with Gasteiger partial charge in [-0.15, -0.1) is 0 Å². The third-order valence-electron chi connectivity index (χ3n) is 3.48. The van der Waals surface area contributed by atoms with Gasteiger partial charge in [0, 0.05) is 19.8 Å². The summed E-state index contributed by atoms with van der Waals surface area (Å²) in [6, 6.07) is 0. The van der Waals surface area contributed by atoms with Crippen LogP contribution in [0.1, 0.15) is 38.7 Å². The first-order chi connectivity index (χ1) is 9.07. The zero-order chi connectivity index (χ0) is 14.3. The fourth-order valence-electron chi connectivity index (χ4n) is 2.36. The van der Waals surface area contributed by atoms with Gasteiger partial charge in [0.1, 0.15) is 0 Å². The molecule has 0 aliphatic carbocycles. The molecule has 1 rings (SSSR count). The average molecular weight is 267 g/mol. The van der Waals surface area contributed by atoms with E-state index >= 15 is 0 Å². The maximum absolute atomic E-state index is 12.2. The summed E-state index contributed by atoms with van der Waals surface area (Å²) >= 11 is 0. The molecule has 1 heterocycles. The topological polar surface area (TPSA) is 70.1 Å². The van der Waals surface area contributed by atoms with E-state index in [0.29, 0.717) is 19.6 Å². The summed E-state index contributed by atoms with van der Waals surface area (Å²) in [7, 11) is 1.89. The molecule has 19 heavy (non-hydrogen) atoms.